The highest BCUT2D eigenvalue weighted by atomic mass is 79.9. The van der Waals surface area contributed by atoms with Gasteiger partial charge in [-0.05, 0) is 66.3 Å². The molecule has 2 fully saturated rings. The molecule has 2 heterocycles. The number of thiophene rings is 1. The Morgan fingerprint density at radius 2 is 2.12 bits per heavy atom. The summed E-state index contributed by atoms with van der Waals surface area (Å²) in [5, 5.41) is 7.11. The van der Waals surface area contributed by atoms with Gasteiger partial charge < -0.3 is 0 Å². The number of halogens is 1. The fraction of sp³-hybridized carbons (Fsp3) is 0.375. The maximum absolute atomic E-state index is 13.4. The van der Waals surface area contributed by atoms with E-state index in [0.29, 0.717) is 40.7 Å². The second kappa shape index (κ2) is 8.22. The van der Waals surface area contributed by atoms with Crippen molar-refractivity contribution >= 4 is 59.9 Å². The molecule has 2 aromatic heterocycles. The average Bonchev–Trinajstić information content (AvgIpc) is 3.42. The van der Waals surface area contributed by atoms with Crippen LogP contribution in [0.3, 0.4) is 0 Å². The van der Waals surface area contributed by atoms with E-state index < -0.39 is 21.4 Å². The van der Waals surface area contributed by atoms with Crippen LogP contribution in [0.5, 0.6) is 0 Å². The molecule has 0 unspecified atom stereocenters. The first-order valence-corrected chi connectivity index (χ1v) is 14.3. The summed E-state index contributed by atoms with van der Waals surface area (Å²) in [6.45, 7) is 4.06. The van der Waals surface area contributed by atoms with Gasteiger partial charge in [-0.1, -0.05) is 35.8 Å². The summed E-state index contributed by atoms with van der Waals surface area (Å²) < 4.78 is 34.3. The first-order chi connectivity index (χ1) is 16.0. The van der Waals surface area contributed by atoms with E-state index in [4.69, 9.17) is 4.98 Å². The third-order valence-electron chi connectivity index (χ3n) is 7.68. The predicted molar refractivity (Wildman–Crippen MR) is 138 cm³/mol. The summed E-state index contributed by atoms with van der Waals surface area (Å²) in [6, 6.07) is 11.2. The minimum absolute atomic E-state index is 0.257. The number of hydrogen-bond acceptors (Lipinski definition) is 6. The molecule has 34 heavy (non-hydrogen) atoms. The zero-order chi connectivity index (χ0) is 24.3. The zero-order valence-corrected chi connectivity index (χ0v) is 21.9. The Morgan fingerprint density at radius 3 is 2.79 bits per heavy atom. The molecular formula is C24H24BrN3O4S2. The Bertz CT molecular complexity index is 1430. The van der Waals surface area contributed by atoms with Crippen molar-refractivity contribution in [1.82, 2.24) is 10.4 Å². The number of carbonyl (C=O) groups excluding carboxylic acids is 1. The summed E-state index contributed by atoms with van der Waals surface area (Å²) in [5.41, 5.74) is 4.03. The van der Waals surface area contributed by atoms with Gasteiger partial charge in [0.2, 0.25) is 0 Å². The Hall–Kier alpha value is -2.14. The lowest BCUT2D eigenvalue weighted by atomic mass is 9.70. The number of aromatic nitrogens is 1. The standard InChI is InChI=1S/C24H24BrN3O4S2/c1-23(2)14-7-8-24(23,13-34(30,31)32)21(10-14)27-28-22(29)17-12-19(20-4-3-9-33-20)26-18-6-5-15(25)11-16(17)18/h3-6,9,11-12,14H,7-8,10,13H2,1-2H3,(H,28,29)(H,30,31,32)/b27-21-/t14-,24+/m1/s1. The molecular weight excluding hydrogens is 538 g/mol. The normalized spacial score (nSPS) is 24.7. The predicted octanol–water partition coefficient (Wildman–Crippen LogP) is 5.53. The third kappa shape index (κ3) is 3.90. The highest BCUT2D eigenvalue weighted by Gasteiger charge is 2.64. The molecule has 178 valence electrons. The summed E-state index contributed by atoms with van der Waals surface area (Å²) in [5.74, 6) is -0.516. The molecule has 2 aliphatic carbocycles. The largest absolute Gasteiger partial charge is 0.286 e. The SMILES string of the molecule is CC1(C)[C@@H]2CC[C@]1(CS(=O)(=O)O)/C(=N\NC(=O)c1cc(-c3cccs3)nc3ccc(Br)cc13)C2. The summed E-state index contributed by atoms with van der Waals surface area (Å²) in [7, 11) is -4.22. The molecule has 5 rings (SSSR count). The maximum atomic E-state index is 13.4. The van der Waals surface area contributed by atoms with Crippen LogP contribution in [0.2, 0.25) is 0 Å². The lowest BCUT2D eigenvalue weighted by Gasteiger charge is -2.37. The number of amides is 1. The topological polar surface area (TPSA) is 109 Å². The molecule has 7 nitrogen and oxygen atoms in total. The lowest BCUT2D eigenvalue weighted by Crippen LogP contribution is -2.43. The van der Waals surface area contributed by atoms with Crippen LogP contribution in [0.4, 0.5) is 0 Å². The van der Waals surface area contributed by atoms with Gasteiger partial charge in [-0.3, -0.25) is 9.35 Å². The number of benzene rings is 1. The Morgan fingerprint density at radius 1 is 1.32 bits per heavy atom. The Labute approximate surface area is 210 Å². The van der Waals surface area contributed by atoms with E-state index in [1.165, 1.54) is 0 Å². The molecule has 0 saturated heterocycles. The number of fused-ring (bicyclic) bond motifs is 3. The molecule has 1 amide bonds. The molecule has 10 heteroatoms. The van der Waals surface area contributed by atoms with Gasteiger partial charge in [-0.15, -0.1) is 11.3 Å². The summed E-state index contributed by atoms with van der Waals surface area (Å²) >= 11 is 5.01. The number of pyridine rings is 1. The minimum atomic E-state index is -4.22. The number of nitrogens with one attached hydrogen (secondary N) is 1. The van der Waals surface area contributed by atoms with Crippen LogP contribution in [0.1, 0.15) is 43.5 Å². The van der Waals surface area contributed by atoms with Gasteiger partial charge in [-0.25, -0.2) is 10.4 Å². The Kier molecular flexibility index (Phi) is 5.70. The van der Waals surface area contributed by atoms with E-state index in [1.807, 2.05) is 49.6 Å². The molecule has 2 atom stereocenters. The molecule has 2 bridgehead atoms. The summed E-state index contributed by atoms with van der Waals surface area (Å²) in [4.78, 5) is 19.1. The van der Waals surface area contributed by atoms with E-state index >= 15 is 0 Å². The smallest absolute Gasteiger partial charge is 0.272 e. The third-order valence-corrected chi connectivity index (χ3v) is 9.92. The molecule has 3 aromatic rings. The zero-order valence-electron chi connectivity index (χ0n) is 18.7. The van der Waals surface area contributed by atoms with Gasteiger partial charge in [0.15, 0.2) is 0 Å². The van der Waals surface area contributed by atoms with Crippen LogP contribution in [0.25, 0.3) is 21.5 Å². The van der Waals surface area contributed by atoms with Crippen LogP contribution < -0.4 is 5.43 Å². The fourth-order valence-corrected chi connectivity index (χ4v) is 8.07. The van der Waals surface area contributed by atoms with Crippen molar-refractivity contribution in [3.8, 4) is 10.6 Å². The number of carbonyl (C=O) groups is 1. The molecule has 2 N–H and O–H groups in total. The van der Waals surface area contributed by atoms with Crippen molar-refractivity contribution in [3.05, 3.63) is 51.8 Å². The second-order valence-electron chi connectivity index (χ2n) is 9.66. The summed E-state index contributed by atoms with van der Waals surface area (Å²) in [6.07, 6.45) is 2.10. The molecule has 0 radical (unpaired) electrons. The van der Waals surface area contributed by atoms with Crippen molar-refractivity contribution in [2.45, 2.75) is 33.1 Å². The molecule has 0 spiro atoms. The van der Waals surface area contributed by atoms with Gasteiger partial charge in [0.25, 0.3) is 16.0 Å². The van der Waals surface area contributed by atoms with Crippen LogP contribution in [0, 0.1) is 16.7 Å². The van der Waals surface area contributed by atoms with Gasteiger partial charge in [-0.2, -0.15) is 13.5 Å². The van der Waals surface area contributed by atoms with Gasteiger partial charge in [0, 0.05) is 21.0 Å². The molecule has 0 aliphatic heterocycles. The van der Waals surface area contributed by atoms with Crippen molar-refractivity contribution in [3.63, 3.8) is 0 Å². The lowest BCUT2D eigenvalue weighted by molar-refractivity contribution is 0.0955. The van der Waals surface area contributed by atoms with Crippen molar-refractivity contribution in [1.29, 1.82) is 0 Å². The number of hydrazone groups is 1. The van der Waals surface area contributed by atoms with Crippen LogP contribution in [-0.2, 0) is 10.1 Å². The van der Waals surface area contributed by atoms with Crippen LogP contribution >= 0.6 is 27.3 Å². The van der Waals surface area contributed by atoms with E-state index in [-0.39, 0.29) is 17.1 Å². The second-order valence-corrected chi connectivity index (χ2v) is 13.0. The van der Waals surface area contributed by atoms with Crippen LogP contribution in [0.15, 0.2) is 51.4 Å². The molecule has 2 saturated carbocycles. The van der Waals surface area contributed by atoms with Crippen molar-refractivity contribution in [2.75, 3.05) is 5.75 Å². The van der Waals surface area contributed by atoms with Gasteiger partial charge in [0.1, 0.15) is 0 Å². The molecule has 1 aromatic carbocycles. The fourth-order valence-electron chi connectivity index (χ4n) is 5.72. The van der Waals surface area contributed by atoms with E-state index in [9.17, 15) is 17.8 Å². The maximum Gasteiger partial charge on any atom is 0.272 e. The average molecular weight is 563 g/mol. The van der Waals surface area contributed by atoms with Gasteiger partial charge >= 0.3 is 0 Å². The number of hydrogen-bond donors (Lipinski definition) is 2. The number of nitrogens with zero attached hydrogens (tertiary/aromatic N) is 2. The molecule has 2 aliphatic rings. The van der Waals surface area contributed by atoms with E-state index in [2.05, 4.69) is 26.5 Å². The van der Waals surface area contributed by atoms with Crippen molar-refractivity contribution in [2.24, 2.45) is 21.8 Å². The van der Waals surface area contributed by atoms with Crippen LogP contribution in [-0.4, -0.2) is 35.3 Å². The highest BCUT2D eigenvalue weighted by molar-refractivity contribution is 9.10. The van der Waals surface area contributed by atoms with E-state index in [0.717, 1.165) is 15.8 Å². The highest BCUT2D eigenvalue weighted by Crippen LogP contribution is 2.64. The first-order valence-electron chi connectivity index (χ1n) is 11.0. The number of rotatable bonds is 5. The van der Waals surface area contributed by atoms with E-state index in [1.54, 1.807) is 17.4 Å². The monoisotopic (exact) mass is 561 g/mol. The van der Waals surface area contributed by atoms with Gasteiger partial charge in [0.05, 0.1) is 27.4 Å². The first kappa shape index (κ1) is 23.6. The Balaban J connectivity index is 1.54. The van der Waals surface area contributed by atoms with Crippen molar-refractivity contribution < 1.29 is 17.8 Å². The minimum Gasteiger partial charge on any atom is -0.286 e. The quantitative estimate of drug-likeness (QED) is 0.314.